The van der Waals surface area contributed by atoms with E-state index in [4.69, 9.17) is 4.74 Å². The van der Waals surface area contributed by atoms with Crippen LogP contribution in [0, 0.1) is 5.92 Å². The number of Topliss-reactive ketones (excluding diaryl/α,β-unsaturated/α-hetero) is 1. The maximum absolute atomic E-state index is 13.2. The molecule has 36 heavy (non-hydrogen) atoms. The largest absolute Gasteiger partial charge is 0.391 e. The fourth-order valence-electron chi connectivity index (χ4n) is 5.57. The van der Waals surface area contributed by atoms with Crippen LogP contribution >= 0.6 is 0 Å². The molecule has 2 aliphatic heterocycles. The molecule has 3 heterocycles. The quantitative estimate of drug-likeness (QED) is 0.409. The highest BCUT2D eigenvalue weighted by molar-refractivity contribution is 5.98. The molecule has 2 aromatic rings. The summed E-state index contributed by atoms with van der Waals surface area (Å²) >= 11 is 0. The van der Waals surface area contributed by atoms with Crippen LogP contribution in [0.15, 0.2) is 36.4 Å². The van der Waals surface area contributed by atoms with E-state index in [2.05, 4.69) is 22.6 Å². The summed E-state index contributed by atoms with van der Waals surface area (Å²) in [5.74, 6) is 0.410. The maximum atomic E-state index is 13.2. The zero-order valence-electron chi connectivity index (χ0n) is 20.5. The molecular formula is C27H32F3N3O3. The van der Waals surface area contributed by atoms with Gasteiger partial charge in [-0.2, -0.15) is 13.2 Å². The lowest BCUT2D eigenvalue weighted by molar-refractivity contribution is -0.146. The summed E-state index contributed by atoms with van der Waals surface area (Å²) in [6.45, 7) is 2.60. The Bertz CT molecular complexity index is 1110. The van der Waals surface area contributed by atoms with Crippen LogP contribution in [0.2, 0.25) is 0 Å². The predicted molar refractivity (Wildman–Crippen MR) is 128 cm³/mol. The number of halogens is 3. The van der Waals surface area contributed by atoms with Gasteiger partial charge in [0.2, 0.25) is 0 Å². The maximum Gasteiger partial charge on any atom is 0.391 e. The van der Waals surface area contributed by atoms with Gasteiger partial charge in [-0.25, -0.2) is 0 Å². The smallest absolute Gasteiger partial charge is 0.376 e. The number of rotatable bonds is 7. The minimum atomic E-state index is -4.23. The predicted octanol–water partition coefficient (Wildman–Crippen LogP) is 4.63. The lowest BCUT2D eigenvalue weighted by Crippen LogP contribution is -2.56. The zero-order valence-corrected chi connectivity index (χ0v) is 20.5. The molecule has 0 N–H and O–H groups in total. The molecule has 0 atom stereocenters. The Hall–Kier alpha value is -2.65. The topological polar surface area (TPSA) is 54.8 Å². The van der Waals surface area contributed by atoms with Crippen molar-refractivity contribution in [3.63, 3.8) is 0 Å². The molecule has 1 amide bonds. The molecule has 194 valence electrons. The van der Waals surface area contributed by atoms with Gasteiger partial charge in [-0.15, -0.1) is 0 Å². The van der Waals surface area contributed by atoms with Crippen molar-refractivity contribution in [2.75, 3.05) is 33.3 Å². The highest BCUT2D eigenvalue weighted by Gasteiger charge is 2.46. The number of nitrogens with zero attached hydrogens (tertiary/aromatic N) is 3. The number of alkyl halides is 3. The molecule has 6 nitrogen and oxygen atoms in total. The van der Waals surface area contributed by atoms with Crippen molar-refractivity contribution in [3.8, 4) is 0 Å². The number of hydrogen-bond donors (Lipinski definition) is 0. The van der Waals surface area contributed by atoms with E-state index in [0.29, 0.717) is 18.7 Å². The number of likely N-dealkylation sites (tertiary alicyclic amines) is 1. The van der Waals surface area contributed by atoms with Crippen LogP contribution in [0.25, 0.3) is 0 Å². The summed E-state index contributed by atoms with van der Waals surface area (Å²) < 4.78 is 44.0. The molecule has 1 aromatic heterocycles. The normalized spacial score (nSPS) is 19.9. The second kappa shape index (κ2) is 9.67. The van der Waals surface area contributed by atoms with Crippen LogP contribution in [-0.2, 0) is 23.4 Å². The Morgan fingerprint density at radius 1 is 1.00 bits per heavy atom. The van der Waals surface area contributed by atoms with Crippen LogP contribution in [0.4, 0.5) is 13.2 Å². The fraction of sp³-hybridized carbons (Fsp3) is 0.556. The number of ether oxygens (including phenoxy) is 1. The molecule has 3 aliphatic rings. The number of amides is 1. The van der Waals surface area contributed by atoms with Gasteiger partial charge in [-0.1, -0.05) is 12.1 Å². The summed E-state index contributed by atoms with van der Waals surface area (Å²) in [6.07, 6.45) is -1.63. The molecule has 1 aromatic carbocycles. The van der Waals surface area contributed by atoms with Crippen LogP contribution in [-0.4, -0.2) is 65.5 Å². The molecule has 1 spiro atoms. The van der Waals surface area contributed by atoms with E-state index in [1.165, 1.54) is 5.69 Å². The highest BCUT2D eigenvalue weighted by atomic mass is 19.4. The number of carbonyl (C=O) groups is 2. The molecule has 5 rings (SSSR count). The third kappa shape index (κ3) is 4.95. The highest BCUT2D eigenvalue weighted by Crippen LogP contribution is 2.43. The second-order valence-electron chi connectivity index (χ2n) is 10.3. The number of likely N-dealkylation sites (N-methyl/N-ethyl adjacent to an activating group) is 1. The number of piperidine rings is 1. The van der Waals surface area contributed by atoms with Gasteiger partial charge >= 0.3 is 6.18 Å². The van der Waals surface area contributed by atoms with Crippen molar-refractivity contribution in [3.05, 3.63) is 58.9 Å². The Kier molecular flexibility index (Phi) is 6.72. The van der Waals surface area contributed by atoms with Crippen LogP contribution in [0.3, 0.4) is 0 Å². The molecule has 2 fully saturated rings. The molecule has 1 saturated carbocycles. The lowest BCUT2D eigenvalue weighted by atomic mass is 9.81. The minimum Gasteiger partial charge on any atom is -0.376 e. The number of ketones is 1. The van der Waals surface area contributed by atoms with Crippen LogP contribution in [0.1, 0.15) is 64.2 Å². The van der Waals surface area contributed by atoms with Gasteiger partial charge < -0.3 is 14.2 Å². The lowest BCUT2D eigenvalue weighted by Gasteiger charge is -2.50. The average Bonchev–Trinajstić information content (AvgIpc) is 3.62. The first-order valence-electron chi connectivity index (χ1n) is 12.7. The Morgan fingerprint density at radius 2 is 1.69 bits per heavy atom. The van der Waals surface area contributed by atoms with Gasteiger partial charge in [-0.3, -0.25) is 14.5 Å². The summed E-state index contributed by atoms with van der Waals surface area (Å²) in [6, 6.07) is 11.0. The van der Waals surface area contributed by atoms with Crippen molar-refractivity contribution < 1.29 is 27.5 Å². The molecule has 9 heteroatoms. The van der Waals surface area contributed by atoms with Gasteiger partial charge in [0.05, 0.1) is 30.9 Å². The van der Waals surface area contributed by atoms with E-state index in [-0.39, 0.29) is 36.4 Å². The first-order valence-corrected chi connectivity index (χ1v) is 12.7. The standard InChI is InChI=1S/C27H32F3N3O3/c1-31-15-16-33-22(24(34)20-6-7-20)8-9-23(33)26(31)10-13-32(14-11-26)25(35)21-4-2-19(3-5-21)18-36-17-12-27(28,29)30/h2-5,8-9,20H,6-7,10-18H2,1H3. The fourth-order valence-corrected chi connectivity index (χ4v) is 5.57. The second-order valence-corrected chi connectivity index (χ2v) is 10.3. The first-order chi connectivity index (χ1) is 17.2. The van der Waals surface area contributed by atoms with E-state index >= 15 is 0 Å². The monoisotopic (exact) mass is 503 g/mol. The molecule has 0 bridgehead atoms. The first kappa shape index (κ1) is 25.0. The Labute approximate surface area is 209 Å². The van der Waals surface area contributed by atoms with E-state index < -0.39 is 12.6 Å². The van der Waals surface area contributed by atoms with E-state index in [1.54, 1.807) is 24.3 Å². The molecular weight excluding hydrogens is 471 g/mol. The van der Waals surface area contributed by atoms with Crippen molar-refractivity contribution in [1.82, 2.24) is 14.4 Å². The van der Waals surface area contributed by atoms with Gasteiger partial charge in [0.25, 0.3) is 5.91 Å². The van der Waals surface area contributed by atoms with Crippen molar-refractivity contribution in [2.24, 2.45) is 5.92 Å². The summed E-state index contributed by atoms with van der Waals surface area (Å²) in [4.78, 5) is 30.2. The molecule has 0 unspecified atom stereocenters. The Morgan fingerprint density at radius 3 is 2.33 bits per heavy atom. The van der Waals surface area contributed by atoms with Gasteiger partial charge in [0.1, 0.15) is 0 Å². The molecule has 0 radical (unpaired) electrons. The number of hydrogen-bond acceptors (Lipinski definition) is 4. The van der Waals surface area contributed by atoms with Gasteiger partial charge in [0.15, 0.2) is 5.78 Å². The van der Waals surface area contributed by atoms with Gasteiger partial charge in [-0.05, 0) is 62.6 Å². The SMILES string of the molecule is CN1CCn2c(C(=O)C3CC3)ccc2C12CCN(C(=O)c1ccc(COCCC(F)(F)F)cc1)CC2. The number of carbonyl (C=O) groups excluding carboxylic acids is 2. The number of aromatic nitrogens is 1. The third-order valence-electron chi connectivity index (χ3n) is 7.93. The van der Waals surface area contributed by atoms with Crippen molar-refractivity contribution in [1.29, 1.82) is 0 Å². The molecule has 1 aliphatic carbocycles. The average molecular weight is 504 g/mol. The summed E-state index contributed by atoms with van der Waals surface area (Å²) in [5, 5.41) is 0. The van der Waals surface area contributed by atoms with Crippen molar-refractivity contribution in [2.45, 2.75) is 57.0 Å². The van der Waals surface area contributed by atoms with E-state index in [0.717, 1.165) is 50.0 Å². The van der Waals surface area contributed by atoms with E-state index in [9.17, 15) is 22.8 Å². The van der Waals surface area contributed by atoms with Crippen LogP contribution < -0.4 is 0 Å². The Balaban J connectivity index is 1.21. The van der Waals surface area contributed by atoms with Crippen LogP contribution in [0.5, 0.6) is 0 Å². The van der Waals surface area contributed by atoms with Gasteiger partial charge in [0, 0.05) is 43.4 Å². The van der Waals surface area contributed by atoms with Crippen molar-refractivity contribution >= 4 is 11.7 Å². The minimum absolute atomic E-state index is 0.0483. The molecule has 1 saturated heterocycles. The summed E-state index contributed by atoms with van der Waals surface area (Å²) in [5.41, 5.74) is 3.12. The van der Waals surface area contributed by atoms with E-state index in [1.807, 2.05) is 11.0 Å². The number of fused-ring (bicyclic) bond motifs is 2. The zero-order chi connectivity index (χ0) is 25.5. The summed E-state index contributed by atoms with van der Waals surface area (Å²) in [7, 11) is 2.13. The third-order valence-corrected chi connectivity index (χ3v) is 7.93. The number of benzene rings is 1.